The summed E-state index contributed by atoms with van der Waals surface area (Å²) >= 11 is 0. The Morgan fingerprint density at radius 2 is 2.10 bits per heavy atom. The molecular formula is C22H16FN5O3. The summed E-state index contributed by atoms with van der Waals surface area (Å²) in [7, 11) is 2.98. The highest BCUT2D eigenvalue weighted by Crippen LogP contribution is 2.36. The number of allylic oxidation sites excluding steroid dienone is 4. The highest BCUT2D eigenvalue weighted by Gasteiger charge is 2.23. The number of aromatic amines is 2. The number of aromatic nitrogens is 5. The topological polar surface area (TPSA) is 97.8 Å². The van der Waals surface area contributed by atoms with E-state index in [1.807, 2.05) is 6.07 Å². The van der Waals surface area contributed by atoms with E-state index < -0.39 is 11.5 Å². The van der Waals surface area contributed by atoms with Gasteiger partial charge in [0, 0.05) is 29.3 Å². The summed E-state index contributed by atoms with van der Waals surface area (Å²) in [4.78, 5) is 20.1. The summed E-state index contributed by atoms with van der Waals surface area (Å²) in [6.45, 7) is 0. The fourth-order valence-electron chi connectivity index (χ4n) is 3.70. The molecule has 0 atom stereocenters. The lowest BCUT2D eigenvalue weighted by atomic mass is 10.1. The van der Waals surface area contributed by atoms with Gasteiger partial charge in [-0.2, -0.15) is 5.10 Å². The zero-order valence-electron chi connectivity index (χ0n) is 16.6. The number of rotatable bonds is 4. The Balaban J connectivity index is 1.91. The van der Waals surface area contributed by atoms with Gasteiger partial charge in [-0.15, -0.1) is 5.73 Å². The number of imidazole rings is 1. The summed E-state index contributed by atoms with van der Waals surface area (Å²) in [6, 6.07) is 5.40. The molecule has 3 heterocycles. The Labute approximate surface area is 174 Å². The molecule has 0 unspecified atom stereocenters. The molecule has 1 aliphatic rings. The first kappa shape index (κ1) is 18.7. The van der Waals surface area contributed by atoms with Crippen LogP contribution in [0.4, 0.5) is 4.39 Å². The van der Waals surface area contributed by atoms with E-state index in [4.69, 9.17) is 9.47 Å². The third kappa shape index (κ3) is 2.87. The van der Waals surface area contributed by atoms with Crippen molar-refractivity contribution < 1.29 is 13.9 Å². The minimum absolute atomic E-state index is 0.0218. The van der Waals surface area contributed by atoms with Gasteiger partial charge in [0.05, 0.1) is 42.7 Å². The van der Waals surface area contributed by atoms with Crippen molar-refractivity contribution in [3.05, 3.63) is 76.6 Å². The summed E-state index contributed by atoms with van der Waals surface area (Å²) in [6.07, 6.45) is 7.39. The van der Waals surface area contributed by atoms with Crippen LogP contribution in [-0.4, -0.2) is 39.0 Å². The Kier molecular flexibility index (Phi) is 4.31. The number of hydrogen-bond donors (Lipinski definition) is 2. The van der Waals surface area contributed by atoms with Gasteiger partial charge < -0.3 is 14.5 Å². The van der Waals surface area contributed by atoms with E-state index >= 15 is 4.39 Å². The molecule has 31 heavy (non-hydrogen) atoms. The number of ether oxygens (including phenoxy) is 2. The van der Waals surface area contributed by atoms with Crippen LogP contribution in [0.2, 0.25) is 0 Å². The molecule has 1 aromatic carbocycles. The van der Waals surface area contributed by atoms with Gasteiger partial charge in [0.25, 0.3) is 0 Å². The molecule has 5 rings (SSSR count). The molecule has 0 spiro atoms. The van der Waals surface area contributed by atoms with Gasteiger partial charge in [-0.25, -0.2) is 9.18 Å². The van der Waals surface area contributed by atoms with E-state index in [2.05, 4.69) is 25.9 Å². The first-order valence-corrected chi connectivity index (χ1v) is 9.31. The molecule has 4 aromatic rings. The van der Waals surface area contributed by atoms with Crippen molar-refractivity contribution in [2.45, 2.75) is 0 Å². The Morgan fingerprint density at radius 3 is 2.84 bits per heavy atom. The van der Waals surface area contributed by atoms with Crippen molar-refractivity contribution in [2.24, 2.45) is 0 Å². The molecule has 0 saturated carbocycles. The molecule has 0 saturated heterocycles. The average Bonchev–Trinajstić information content (AvgIpc) is 3.38. The Bertz CT molecular complexity index is 1520. The zero-order chi connectivity index (χ0) is 21.5. The maximum Gasteiger partial charge on any atom is 0.331 e. The largest absolute Gasteiger partial charge is 0.496 e. The van der Waals surface area contributed by atoms with E-state index in [1.165, 1.54) is 23.9 Å². The van der Waals surface area contributed by atoms with Crippen LogP contribution in [0.15, 0.2) is 70.9 Å². The minimum Gasteiger partial charge on any atom is -0.496 e. The quantitative estimate of drug-likeness (QED) is 0.494. The number of H-pyrrole nitrogens is 2. The monoisotopic (exact) mass is 417 g/mol. The zero-order valence-corrected chi connectivity index (χ0v) is 16.6. The summed E-state index contributed by atoms with van der Waals surface area (Å²) in [5.41, 5.74) is 5.09. The number of methoxy groups -OCH3 is 2. The van der Waals surface area contributed by atoms with Crippen LogP contribution in [0.3, 0.4) is 0 Å². The highest BCUT2D eigenvalue weighted by atomic mass is 19.1. The number of halogens is 1. The normalized spacial score (nSPS) is 13.7. The van der Waals surface area contributed by atoms with Crippen molar-refractivity contribution in [3.63, 3.8) is 0 Å². The van der Waals surface area contributed by atoms with Crippen molar-refractivity contribution in [1.82, 2.24) is 24.7 Å². The lowest BCUT2D eigenvalue weighted by Crippen LogP contribution is -2.18. The van der Waals surface area contributed by atoms with Crippen molar-refractivity contribution >= 4 is 27.6 Å². The van der Waals surface area contributed by atoms with E-state index in [0.29, 0.717) is 27.7 Å². The SMILES string of the molecule is COC1=CC=C=CC(F)=C1n1c(=O)[nH]c2cnc3cc(OC)c(-c4ccn[nH]4)cc3c21. The lowest BCUT2D eigenvalue weighted by molar-refractivity contribution is 0.306. The number of benzene rings is 1. The molecule has 0 bridgehead atoms. The number of nitrogens with one attached hydrogen (secondary N) is 2. The van der Waals surface area contributed by atoms with E-state index in [1.54, 1.807) is 31.5 Å². The second-order valence-corrected chi connectivity index (χ2v) is 6.74. The molecule has 0 fully saturated rings. The maximum absolute atomic E-state index is 15.0. The Morgan fingerprint density at radius 1 is 1.23 bits per heavy atom. The van der Waals surface area contributed by atoms with Crippen LogP contribution in [0.25, 0.3) is 38.9 Å². The van der Waals surface area contributed by atoms with Crippen LogP contribution in [0, 0.1) is 0 Å². The second kappa shape index (κ2) is 7.16. The van der Waals surface area contributed by atoms with Gasteiger partial charge >= 0.3 is 5.69 Å². The molecule has 9 heteroatoms. The molecular weight excluding hydrogens is 401 g/mol. The standard InChI is InChI=1S/C22H16FN5O3/c1-30-18-6-4-3-5-14(23)21(18)28-20-13-9-12(15-7-8-25-27-15)19(31-2)10-16(13)24-11-17(20)26-22(28)29/h4-11H,1-2H3,(H,25,27)(H,26,29). The first-order valence-electron chi connectivity index (χ1n) is 9.31. The predicted octanol–water partition coefficient (Wildman–Crippen LogP) is 3.67. The fourth-order valence-corrected chi connectivity index (χ4v) is 3.70. The molecule has 0 radical (unpaired) electrons. The molecule has 0 aliphatic heterocycles. The molecule has 1 aliphatic carbocycles. The molecule has 154 valence electrons. The van der Waals surface area contributed by atoms with E-state index in [-0.39, 0.29) is 11.5 Å². The molecule has 0 amide bonds. The van der Waals surface area contributed by atoms with Crippen molar-refractivity contribution in [2.75, 3.05) is 14.2 Å². The number of pyridine rings is 1. The third-order valence-electron chi connectivity index (χ3n) is 5.06. The van der Waals surface area contributed by atoms with Crippen LogP contribution >= 0.6 is 0 Å². The van der Waals surface area contributed by atoms with Crippen LogP contribution in [0.5, 0.6) is 5.75 Å². The number of fused-ring (bicyclic) bond motifs is 3. The third-order valence-corrected chi connectivity index (χ3v) is 5.06. The van der Waals surface area contributed by atoms with Crippen molar-refractivity contribution in [1.29, 1.82) is 0 Å². The van der Waals surface area contributed by atoms with Gasteiger partial charge in [0.15, 0.2) is 5.83 Å². The number of nitrogens with zero attached hydrogens (tertiary/aromatic N) is 3. The van der Waals surface area contributed by atoms with Crippen LogP contribution in [-0.2, 0) is 4.74 Å². The first-order chi connectivity index (χ1) is 15.1. The van der Waals surface area contributed by atoms with Gasteiger partial charge in [-0.3, -0.25) is 14.6 Å². The Hall–Kier alpha value is -4.36. The fraction of sp³-hybridized carbons (Fsp3) is 0.0909. The summed E-state index contributed by atoms with van der Waals surface area (Å²) in [5, 5.41) is 7.54. The van der Waals surface area contributed by atoms with Gasteiger partial charge in [-0.05, 0) is 24.3 Å². The highest BCUT2D eigenvalue weighted by molar-refractivity contribution is 6.06. The van der Waals surface area contributed by atoms with Gasteiger partial charge in [0.1, 0.15) is 17.2 Å². The van der Waals surface area contributed by atoms with Gasteiger partial charge in [-0.1, -0.05) is 0 Å². The van der Waals surface area contributed by atoms with Crippen molar-refractivity contribution in [3.8, 4) is 17.0 Å². The molecule has 3 aromatic heterocycles. The molecule has 2 N–H and O–H groups in total. The van der Waals surface area contributed by atoms with Crippen LogP contribution < -0.4 is 10.4 Å². The maximum atomic E-state index is 15.0. The van der Waals surface area contributed by atoms with Gasteiger partial charge in [0.2, 0.25) is 0 Å². The minimum atomic E-state index is -0.655. The summed E-state index contributed by atoms with van der Waals surface area (Å²) in [5.74, 6) is 0.114. The molecule has 8 nitrogen and oxygen atoms in total. The number of hydrogen-bond acceptors (Lipinski definition) is 5. The van der Waals surface area contributed by atoms with Crippen LogP contribution in [0.1, 0.15) is 0 Å². The summed E-state index contributed by atoms with van der Waals surface area (Å²) < 4.78 is 27.2. The average molecular weight is 417 g/mol. The predicted molar refractivity (Wildman–Crippen MR) is 114 cm³/mol. The van der Waals surface area contributed by atoms with E-state index in [9.17, 15) is 4.79 Å². The second-order valence-electron chi connectivity index (χ2n) is 6.74. The smallest absolute Gasteiger partial charge is 0.331 e. The van der Waals surface area contributed by atoms with E-state index in [0.717, 1.165) is 17.3 Å². The lowest BCUT2D eigenvalue weighted by Gasteiger charge is -2.14.